The van der Waals surface area contributed by atoms with Gasteiger partial charge in [-0.2, -0.15) is 5.10 Å². The molecule has 0 atom stereocenters. The van der Waals surface area contributed by atoms with Crippen molar-refractivity contribution in [2.75, 3.05) is 41.0 Å². The SMILES string of the molecule is CCNC(=NCCCn1cccn1)NCCc1c(OC)cc(OC)cc1OC. The summed E-state index contributed by atoms with van der Waals surface area (Å²) >= 11 is 0. The van der Waals surface area contributed by atoms with Crippen LogP contribution in [0.4, 0.5) is 0 Å². The van der Waals surface area contributed by atoms with Gasteiger partial charge in [-0.3, -0.25) is 9.67 Å². The van der Waals surface area contributed by atoms with Crippen molar-refractivity contribution in [3.8, 4) is 17.2 Å². The third-order valence-corrected chi connectivity index (χ3v) is 4.20. The minimum Gasteiger partial charge on any atom is -0.496 e. The summed E-state index contributed by atoms with van der Waals surface area (Å²) in [5.41, 5.74) is 0.993. The van der Waals surface area contributed by atoms with E-state index in [-0.39, 0.29) is 0 Å². The molecule has 28 heavy (non-hydrogen) atoms. The van der Waals surface area contributed by atoms with Crippen molar-refractivity contribution in [1.29, 1.82) is 0 Å². The molecule has 0 saturated carbocycles. The zero-order valence-corrected chi connectivity index (χ0v) is 17.2. The topological polar surface area (TPSA) is 81.9 Å². The van der Waals surface area contributed by atoms with Crippen LogP contribution in [0, 0.1) is 0 Å². The van der Waals surface area contributed by atoms with E-state index in [4.69, 9.17) is 14.2 Å². The van der Waals surface area contributed by atoms with Gasteiger partial charge in [-0.1, -0.05) is 0 Å². The number of nitrogens with one attached hydrogen (secondary N) is 2. The Kier molecular flexibility index (Phi) is 8.97. The Balaban J connectivity index is 1.91. The van der Waals surface area contributed by atoms with Gasteiger partial charge in [0.1, 0.15) is 17.2 Å². The van der Waals surface area contributed by atoms with E-state index in [1.54, 1.807) is 27.5 Å². The van der Waals surface area contributed by atoms with Gasteiger partial charge in [0.05, 0.1) is 21.3 Å². The van der Waals surface area contributed by atoms with E-state index in [1.807, 2.05) is 29.1 Å². The lowest BCUT2D eigenvalue weighted by atomic mass is 10.1. The maximum Gasteiger partial charge on any atom is 0.191 e. The number of aryl methyl sites for hydroxylation is 1. The zero-order valence-electron chi connectivity index (χ0n) is 17.2. The molecule has 0 bridgehead atoms. The highest BCUT2D eigenvalue weighted by molar-refractivity contribution is 5.79. The first kappa shape index (κ1) is 21.4. The maximum atomic E-state index is 5.51. The van der Waals surface area contributed by atoms with E-state index < -0.39 is 0 Å². The Morgan fingerprint density at radius 2 is 1.86 bits per heavy atom. The van der Waals surface area contributed by atoms with Crippen molar-refractivity contribution in [2.24, 2.45) is 4.99 Å². The molecule has 0 fully saturated rings. The number of guanidine groups is 1. The number of benzene rings is 1. The molecule has 0 aliphatic heterocycles. The molecule has 0 spiro atoms. The van der Waals surface area contributed by atoms with Crippen LogP contribution < -0.4 is 24.8 Å². The Morgan fingerprint density at radius 1 is 1.11 bits per heavy atom. The Hall–Kier alpha value is -2.90. The lowest BCUT2D eigenvalue weighted by Gasteiger charge is -2.16. The second kappa shape index (κ2) is 11.7. The fourth-order valence-corrected chi connectivity index (χ4v) is 2.83. The highest BCUT2D eigenvalue weighted by atomic mass is 16.5. The lowest BCUT2D eigenvalue weighted by molar-refractivity contribution is 0.368. The van der Waals surface area contributed by atoms with Crippen LogP contribution in [-0.4, -0.2) is 56.7 Å². The average Bonchev–Trinajstić information content (AvgIpc) is 3.24. The number of aromatic nitrogens is 2. The Morgan fingerprint density at radius 3 is 2.43 bits per heavy atom. The molecule has 1 heterocycles. The summed E-state index contributed by atoms with van der Waals surface area (Å²) < 4.78 is 18.2. The molecule has 2 N–H and O–H groups in total. The van der Waals surface area contributed by atoms with Crippen LogP contribution >= 0.6 is 0 Å². The van der Waals surface area contributed by atoms with Crippen LogP contribution in [-0.2, 0) is 13.0 Å². The van der Waals surface area contributed by atoms with E-state index in [0.717, 1.165) is 55.5 Å². The third kappa shape index (κ3) is 6.37. The highest BCUT2D eigenvalue weighted by Gasteiger charge is 2.13. The first-order valence-corrected chi connectivity index (χ1v) is 9.50. The molecular formula is C20H31N5O3. The molecule has 0 aliphatic rings. The molecule has 8 heteroatoms. The van der Waals surface area contributed by atoms with Crippen molar-refractivity contribution < 1.29 is 14.2 Å². The average molecular weight is 390 g/mol. The normalized spacial score (nSPS) is 11.2. The summed E-state index contributed by atoms with van der Waals surface area (Å²) in [6, 6.07) is 5.66. The number of hydrogen-bond acceptors (Lipinski definition) is 5. The quantitative estimate of drug-likeness (QED) is 0.348. The van der Waals surface area contributed by atoms with Crippen LogP contribution in [0.3, 0.4) is 0 Å². The largest absolute Gasteiger partial charge is 0.496 e. The summed E-state index contributed by atoms with van der Waals surface area (Å²) in [5, 5.41) is 10.8. The van der Waals surface area contributed by atoms with Gasteiger partial charge in [0.15, 0.2) is 5.96 Å². The van der Waals surface area contributed by atoms with Gasteiger partial charge in [0.2, 0.25) is 0 Å². The molecule has 0 saturated heterocycles. The molecule has 154 valence electrons. The van der Waals surface area contributed by atoms with Gasteiger partial charge < -0.3 is 24.8 Å². The molecule has 1 aromatic heterocycles. The zero-order chi connectivity index (χ0) is 20.2. The van der Waals surface area contributed by atoms with Crippen LogP contribution in [0.15, 0.2) is 35.6 Å². The number of nitrogens with zero attached hydrogens (tertiary/aromatic N) is 3. The minimum atomic E-state index is 0.698. The maximum absolute atomic E-state index is 5.51. The number of rotatable bonds is 11. The predicted octanol–water partition coefficient (Wildman–Crippen LogP) is 2.10. The molecule has 8 nitrogen and oxygen atoms in total. The van der Waals surface area contributed by atoms with E-state index in [1.165, 1.54) is 0 Å². The van der Waals surface area contributed by atoms with Gasteiger partial charge in [0, 0.05) is 56.3 Å². The molecule has 2 rings (SSSR count). The fourth-order valence-electron chi connectivity index (χ4n) is 2.83. The van der Waals surface area contributed by atoms with Crippen LogP contribution in [0.25, 0.3) is 0 Å². The van der Waals surface area contributed by atoms with Crippen molar-refractivity contribution in [1.82, 2.24) is 20.4 Å². The van der Waals surface area contributed by atoms with Gasteiger partial charge in [0.25, 0.3) is 0 Å². The highest BCUT2D eigenvalue weighted by Crippen LogP contribution is 2.34. The number of methoxy groups -OCH3 is 3. The smallest absolute Gasteiger partial charge is 0.191 e. The summed E-state index contributed by atoms with van der Waals surface area (Å²) in [6.07, 6.45) is 5.41. The summed E-state index contributed by atoms with van der Waals surface area (Å²) in [7, 11) is 4.92. The predicted molar refractivity (Wildman–Crippen MR) is 111 cm³/mol. The monoisotopic (exact) mass is 389 g/mol. The molecule has 0 radical (unpaired) electrons. The second-order valence-electron chi connectivity index (χ2n) is 6.07. The van der Waals surface area contributed by atoms with Crippen LogP contribution in [0.1, 0.15) is 18.9 Å². The summed E-state index contributed by atoms with van der Waals surface area (Å²) in [5.74, 6) is 3.00. The standard InChI is InChI=1S/C20H31N5O3/c1-5-21-20(22-9-6-12-25-13-7-10-24-25)23-11-8-17-18(27-3)14-16(26-2)15-19(17)28-4/h7,10,13-15H,5-6,8-9,11-12H2,1-4H3,(H2,21,22,23). The molecule has 0 aliphatic carbocycles. The fraction of sp³-hybridized carbons (Fsp3) is 0.500. The van der Waals surface area contributed by atoms with E-state index >= 15 is 0 Å². The minimum absolute atomic E-state index is 0.698. The first-order chi connectivity index (χ1) is 13.7. The number of hydrogen-bond donors (Lipinski definition) is 2. The van der Waals surface area contributed by atoms with E-state index in [2.05, 4.69) is 27.6 Å². The second-order valence-corrected chi connectivity index (χ2v) is 6.07. The van der Waals surface area contributed by atoms with Crippen LogP contribution in [0.5, 0.6) is 17.2 Å². The van der Waals surface area contributed by atoms with Crippen molar-refractivity contribution in [2.45, 2.75) is 26.3 Å². The third-order valence-electron chi connectivity index (χ3n) is 4.20. The van der Waals surface area contributed by atoms with Gasteiger partial charge in [-0.25, -0.2) is 0 Å². The van der Waals surface area contributed by atoms with E-state index in [0.29, 0.717) is 12.3 Å². The van der Waals surface area contributed by atoms with Gasteiger partial charge >= 0.3 is 0 Å². The van der Waals surface area contributed by atoms with Crippen molar-refractivity contribution in [3.63, 3.8) is 0 Å². The van der Waals surface area contributed by atoms with E-state index in [9.17, 15) is 0 Å². The van der Waals surface area contributed by atoms with Gasteiger partial charge in [-0.15, -0.1) is 0 Å². The number of aliphatic imine (C=N–C) groups is 1. The lowest BCUT2D eigenvalue weighted by Crippen LogP contribution is -2.38. The Labute approximate surface area is 166 Å². The number of ether oxygens (including phenoxy) is 3. The summed E-state index contributed by atoms with van der Waals surface area (Å²) in [6.45, 7) is 5.14. The molecular weight excluding hydrogens is 358 g/mol. The molecule has 1 aromatic carbocycles. The van der Waals surface area contributed by atoms with Crippen molar-refractivity contribution in [3.05, 3.63) is 36.2 Å². The molecule has 0 unspecified atom stereocenters. The van der Waals surface area contributed by atoms with Crippen LogP contribution in [0.2, 0.25) is 0 Å². The summed E-state index contributed by atoms with van der Waals surface area (Å²) in [4.78, 5) is 4.63. The van der Waals surface area contributed by atoms with Crippen molar-refractivity contribution >= 4 is 5.96 Å². The Bertz CT molecular complexity index is 706. The van der Waals surface area contributed by atoms with Gasteiger partial charge in [-0.05, 0) is 25.8 Å². The molecule has 2 aromatic rings. The molecule has 0 amide bonds. The first-order valence-electron chi connectivity index (χ1n) is 9.50.